The van der Waals surface area contributed by atoms with Gasteiger partial charge in [-0.2, -0.15) is 0 Å². The third-order valence-electron chi connectivity index (χ3n) is 4.17. The van der Waals surface area contributed by atoms with Crippen molar-refractivity contribution in [3.05, 3.63) is 53.9 Å². The third-order valence-corrected chi connectivity index (χ3v) is 4.17. The second-order valence-corrected chi connectivity index (χ2v) is 6.16. The van der Waals surface area contributed by atoms with E-state index < -0.39 is 0 Å². The normalized spacial score (nSPS) is 22.0. The Morgan fingerprint density at radius 1 is 1.14 bits per heavy atom. The van der Waals surface area contributed by atoms with E-state index in [1.54, 1.807) is 0 Å². The van der Waals surface area contributed by atoms with Gasteiger partial charge in [-0.05, 0) is 5.56 Å². The zero-order valence-electron chi connectivity index (χ0n) is 13.2. The maximum absolute atomic E-state index is 6.34. The van der Waals surface area contributed by atoms with Crippen LogP contribution in [0.3, 0.4) is 0 Å². The first-order chi connectivity index (χ1) is 10.6. The summed E-state index contributed by atoms with van der Waals surface area (Å²) in [6, 6.07) is 10.7. The number of nitrogens with two attached hydrogens (primary N) is 1. The Balaban J connectivity index is 1.65. The molecule has 116 valence electrons. The lowest BCUT2D eigenvalue weighted by Gasteiger charge is -2.16. The van der Waals surface area contributed by atoms with Gasteiger partial charge in [-0.3, -0.25) is 4.90 Å². The number of benzene rings is 1. The van der Waals surface area contributed by atoms with Crippen molar-refractivity contribution in [3.8, 4) is 0 Å². The van der Waals surface area contributed by atoms with Crippen LogP contribution in [0.5, 0.6) is 0 Å². The van der Waals surface area contributed by atoms with Crippen molar-refractivity contribution in [2.75, 3.05) is 32.1 Å². The van der Waals surface area contributed by atoms with Crippen LogP contribution < -0.4 is 10.6 Å². The van der Waals surface area contributed by atoms with Crippen molar-refractivity contribution in [1.82, 2.24) is 14.9 Å². The minimum absolute atomic E-state index is 0.185. The predicted molar refractivity (Wildman–Crippen MR) is 88.8 cm³/mol. The number of hydrogen-bond donors (Lipinski definition) is 1. The summed E-state index contributed by atoms with van der Waals surface area (Å²) >= 11 is 0. The zero-order valence-corrected chi connectivity index (χ0v) is 13.2. The van der Waals surface area contributed by atoms with Crippen LogP contribution >= 0.6 is 0 Å². The highest BCUT2D eigenvalue weighted by atomic mass is 15.2. The Hall–Kier alpha value is -1.98. The number of likely N-dealkylation sites (tertiary alicyclic amines) is 1. The van der Waals surface area contributed by atoms with Crippen molar-refractivity contribution < 1.29 is 0 Å². The minimum atomic E-state index is 0.185. The molecule has 5 heteroatoms. The first-order valence-corrected chi connectivity index (χ1v) is 7.64. The summed E-state index contributed by atoms with van der Waals surface area (Å²) in [5.74, 6) is 1.15. The van der Waals surface area contributed by atoms with Gasteiger partial charge in [-0.25, -0.2) is 9.97 Å². The molecule has 1 aliphatic rings. The van der Waals surface area contributed by atoms with Crippen LogP contribution in [0.4, 0.5) is 5.95 Å². The standard InChI is InChI=1S/C17H23N5/c1-21(2)17-19-8-13(9-20-17)10-22-11-15(16(18)12-22)14-6-4-3-5-7-14/h3-9,15-16H,10-12,18H2,1-2H3/t15-,16+/m0/s1. The molecular weight excluding hydrogens is 274 g/mol. The first kappa shape index (κ1) is 14.9. The molecule has 2 atom stereocenters. The molecule has 3 rings (SSSR count). The van der Waals surface area contributed by atoms with Gasteiger partial charge in [-0.1, -0.05) is 30.3 Å². The van der Waals surface area contributed by atoms with Crippen LogP contribution in [-0.4, -0.2) is 48.1 Å². The van der Waals surface area contributed by atoms with Gasteiger partial charge in [0.1, 0.15) is 0 Å². The van der Waals surface area contributed by atoms with Crippen LogP contribution in [0.25, 0.3) is 0 Å². The van der Waals surface area contributed by atoms with Gasteiger partial charge >= 0.3 is 0 Å². The van der Waals surface area contributed by atoms with Crippen LogP contribution in [0, 0.1) is 0 Å². The van der Waals surface area contributed by atoms with Crippen molar-refractivity contribution in [3.63, 3.8) is 0 Å². The molecule has 2 heterocycles. The molecule has 1 fully saturated rings. The summed E-state index contributed by atoms with van der Waals surface area (Å²) in [5.41, 5.74) is 8.80. The fraction of sp³-hybridized carbons (Fsp3) is 0.412. The molecule has 1 aliphatic heterocycles. The molecule has 0 unspecified atom stereocenters. The van der Waals surface area contributed by atoms with Crippen LogP contribution in [0.2, 0.25) is 0 Å². The lowest BCUT2D eigenvalue weighted by Crippen LogP contribution is -2.28. The molecule has 1 aromatic carbocycles. The summed E-state index contributed by atoms with van der Waals surface area (Å²) in [5, 5.41) is 0. The lowest BCUT2D eigenvalue weighted by molar-refractivity contribution is 0.323. The summed E-state index contributed by atoms with van der Waals surface area (Å²) in [4.78, 5) is 13.0. The van der Waals surface area contributed by atoms with Crippen LogP contribution in [-0.2, 0) is 6.54 Å². The minimum Gasteiger partial charge on any atom is -0.347 e. The zero-order chi connectivity index (χ0) is 15.5. The SMILES string of the molecule is CN(C)c1ncc(CN2C[C@@H](N)[C@H](c3ccccc3)C2)cn1. The molecular formula is C17H23N5. The Bertz CT molecular complexity index is 596. The maximum atomic E-state index is 6.34. The Morgan fingerprint density at radius 2 is 1.82 bits per heavy atom. The highest BCUT2D eigenvalue weighted by Gasteiger charge is 2.31. The van der Waals surface area contributed by atoms with Crippen LogP contribution in [0.1, 0.15) is 17.0 Å². The topological polar surface area (TPSA) is 58.3 Å². The molecule has 2 N–H and O–H groups in total. The molecule has 0 bridgehead atoms. The van der Waals surface area contributed by atoms with Gasteiger partial charge in [0.2, 0.25) is 5.95 Å². The second-order valence-electron chi connectivity index (χ2n) is 6.16. The number of hydrogen-bond acceptors (Lipinski definition) is 5. The lowest BCUT2D eigenvalue weighted by atomic mass is 9.95. The largest absolute Gasteiger partial charge is 0.347 e. The second kappa shape index (κ2) is 6.42. The van der Waals surface area contributed by atoms with Crippen molar-refractivity contribution in [2.24, 2.45) is 5.73 Å². The van der Waals surface area contributed by atoms with Crippen molar-refractivity contribution in [2.45, 2.75) is 18.5 Å². The number of anilines is 1. The molecule has 0 radical (unpaired) electrons. The van der Waals surface area contributed by atoms with Gasteiger partial charge in [0.25, 0.3) is 0 Å². The van der Waals surface area contributed by atoms with E-state index in [9.17, 15) is 0 Å². The van der Waals surface area contributed by atoms with Gasteiger partial charge in [-0.15, -0.1) is 0 Å². The van der Waals surface area contributed by atoms with Gasteiger partial charge in [0.05, 0.1) is 0 Å². The van der Waals surface area contributed by atoms with E-state index in [0.717, 1.165) is 31.1 Å². The molecule has 5 nitrogen and oxygen atoms in total. The van der Waals surface area contributed by atoms with Crippen molar-refractivity contribution >= 4 is 5.95 Å². The smallest absolute Gasteiger partial charge is 0.224 e. The third kappa shape index (κ3) is 3.26. The van der Waals surface area contributed by atoms with E-state index in [1.807, 2.05) is 37.5 Å². The van der Waals surface area contributed by atoms with E-state index in [4.69, 9.17) is 5.73 Å². The molecule has 2 aromatic rings. The predicted octanol–water partition coefficient (Wildman–Crippen LogP) is 1.47. The molecule has 1 saturated heterocycles. The molecule has 1 aromatic heterocycles. The summed E-state index contributed by atoms with van der Waals surface area (Å²) in [6.45, 7) is 2.75. The highest BCUT2D eigenvalue weighted by Crippen LogP contribution is 2.27. The molecule has 0 saturated carbocycles. The average molecular weight is 297 g/mol. The Kier molecular flexibility index (Phi) is 4.36. The fourth-order valence-corrected chi connectivity index (χ4v) is 3.01. The molecule has 0 spiro atoms. The summed E-state index contributed by atoms with van der Waals surface area (Å²) in [7, 11) is 3.89. The Labute approximate surface area is 131 Å². The molecule has 0 aliphatic carbocycles. The fourth-order valence-electron chi connectivity index (χ4n) is 3.01. The van der Waals surface area contributed by atoms with Gasteiger partial charge in [0.15, 0.2) is 0 Å². The maximum Gasteiger partial charge on any atom is 0.224 e. The number of rotatable bonds is 4. The average Bonchev–Trinajstić information content (AvgIpc) is 2.89. The molecule has 22 heavy (non-hydrogen) atoms. The van der Waals surface area contributed by atoms with E-state index in [1.165, 1.54) is 5.56 Å². The Morgan fingerprint density at radius 3 is 2.45 bits per heavy atom. The van der Waals surface area contributed by atoms with E-state index in [2.05, 4.69) is 39.1 Å². The number of nitrogens with zero attached hydrogens (tertiary/aromatic N) is 4. The number of aromatic nitrogens is 2. The van der Waals surface area contributed by atoms with Crippen LogP contribution in [0.15, 0.2) is 42.7 Å². The molecule has 0 amide bonds. The first-order valence-electron chi connectivity index (χ1n) is 7.64. The van der Waals surface area contributed by atoms with E-state index >= 15 is 0 Å². The van der Waals surface area contributed by atoms with Gasteiger partial charge < -0.3 is 10.6 Å². The summed E-state index contributed by atoms with van der Waals surface area (Å²) < 4.78 is 0. The van der Waals surface area contributed by atoms with E-state index in [0.29, 0.717) is 5.92 Å². The quantitative estimate of drug-likeness (QED) is 0.926. The van der Waals surface area contributed by atoms with Gasteiger partial charge in [0, 0.05) is 63.6 Å². The summed E-state index contributed by atoms with van der Waals surface area (Å²) in [6.07, 6.45) is 3.81. The van der Waals surface area contributed by atoms with Crippen molar-refractivity contribution in [1.29, 1.82) is 0 Å². The highest BCUT2D eigenvalue weighted by molar-refractivity contribution is 5.27. The monoisotopic (exact) mass is 297 g/mol. The van der Waals surface area contributed by atoms with E-state index in [-0.39, 0.29) is 6.04 Å².